The van der Waals surface area contributed by atoms with Crippen LogP contribution in [-0.2, 0) is 20.9 Å². The zero-order valence-corrected chi connectivity index (χ0v) is 14.6. The molecule has 6 nitrogen and oxygen atoms in total. The van der Waals surface area contributed by atoms with Gasteiger partial charge in [-0.15, -0.1) is 0 Å². The summed E-state index contributed by atoms with van der Waals surface area (Å²) in [5.74, 6) is 0.195. The molecular formula is C17H19NO5S. The first kappa shape index (κ1) is 18.1. The van der Waals surface area contributed by atoms with Gasteiger partial charge in [0.2, 0.25) is 5.91 Å². The summed E-state index contributed by atoms with van der Waals surface area (Å²) in [6.45, 7) is 4.05. The molecule has 0 aliphatic carbocycles. The lowest BCUT2D eigenvalue weighted by Gasteiger charge is -2.19. The largest absolute Gasteiger partial charge is 0.494 e. The van der Waals surface area contributed by atoms with E-state index in [1.54, 1.807) is 18.2 Å². The molecule has 1 fully saturated rings. The molecule has 0 unspecified atom stereocenters. The van der Waals surface area contributed by atoms with E-state index < -0.39 is 5.97 Å². The van der Waals surface area contributed by atoms with E-state index in [0.29, 0.717) is 22.9 Å². The highest BCUT2D eigenvalue weighted by Gasteiger charge is 2.28. The van der Waals surface area contributed by atoms with Crippen LogP contribution >= 0.6 is 11.8 Å². The zero-order valence-electron chi connectivity index (χ0n) is 13.8. The maximum atomic E-state index is 12.2. The smallest absolute Gasteiger partial charge is 0.333 e. The normalized spacial score (nSPS) is 15.7. The van der Waals surface area contributed by atoms with Crippen molar-refractivity contribution in [1.29, 1.82) is 0 Å². The molecule has 1 amide bonds. The van der Waals surface area contributed by atoms with Crippen LogP contribution in [0.25, 0.3) is 0 Å². The second kappa shape index (κ2) is 8.01. The van der Waals surface area contributed by atoms with Gasteiger partial charge in [0.15, 0.2) is 5.78 Å². The number of benzene rings is 1. The van der Waals surface area contributed by atoms with Gasteiger partial charge in [-0.05, 0) is 32.0 Å². The number of rotatable bonds is 6. The van der Waals surface area contributed by atoms with Gasteiger partial charge >= 0.3 is 5.97 Å². The van der Waals surface area contributed by atoms with Crippen LogP contribution in [0.5, 0.6) is 5.75 Å². The summed E-state index contributed by atoms with van der Waals surface area (Å²) >= 11 is 1.28. The average Bonchev–Trinajstić information content (AvgIpc) is 2.89. The second-order valence-electron chi connectivity index (χ2n) is 5.09. The lowest BCUT2D eigenvalue weighted by molar-refractivity contribution is -0.134. The zero-order chi connectivity index (χ0) is 17.7. The number of hydrogen-bond acceptors (Lipinski definition) is 6. The Bertz CT molecular complexity index is 698. The Morgan fingerprint density at radius 2 is 2.12 bits per heavy atom. The number of carbonyl (C=O) groups excluding carboxylic acids is 3. The highest BCUT2D eigenvalue weighted by molar-refractivity contribution is 8.04. The van der Waals surface area contributed by atoms with Crippen LogP contribution in [0.2, 0.25) is 0 Å². The SMILES string of the molecule is CCOc1ccc(C(C)=O)cc1CN1C(=O)CS/C1=C\C(=O)OC. The lowest BCUT2D eigenvalue weighted by atomic mass is 10.1. The summed E-state index contributed by atoms with van der Waals surface area (Å²) in [6, 6.07) is 5.15. The molecule has 2 rings (SSSR count). The van der Waals surface area contributed by atoms with Crippen molar-refractivity contribution in [2.75, 3.05) is 19.5 Å². The molecule has 1 aromatic carbocycles. The molecule has 24 heavy (non-hydrogen) atoms. The Labute approximate surface area is 144 Å². The standard InChI is InChI=1S/C17H19NO5S/c1-4-23-14-6-5-12(11(2)19)7-13(14)9-18-15(20)10-24-16(18)8-17(21)22-3/h5-8H,4,9-10H2,1-3H3/b16-8-. The van der Waals surface area contributed by atoms with Crippen molar-refractivity contribution in [2.45, 2.75) is 20.4 Å². The summed E-state index contributed by atoms with van der Waals surface area (Å²) in [5, 5.41) is 0.530. The third-order valence-electron chi connectivity index (χ3n) is 3.45. The van der Waals surface area contributed by atoms with Gasteiger partial charge in [0.1, 0.15) is 5.75 Å². The number of methoxy groups -OCH3 is 1. The molecule has 128 valence electrons. The van der Waals surface area contributed by atoms with Gasteiger partial charge in [-0.2, -0.15) is 0 Å². The van der Waals surface area contributed by atoms with Crippen molar-refractivity contribution in [1.82, 2.24) is 4.90 Å². The Morgan fingerprint density at radius 3 is 2.75 bits per heavy atom. The molecule has 1 aliphatic heterocycles. The average molecular weight is 349 g/mol. The van der Waals surface area contributed by atoms with Crippen molar-refractivity contribution in [3.8, 4) is 5.75 Å². The van der Waals surface area contributed by atoms with Crippen LogP contribution in [-0.4, -0.2) is 42.0 Å². The van der Waals surface area contributed by atoms with E-state index >= 15 is 0 Å². The monoisotopic (exact) mass is 349 g/mol. The number of ketones is 1. The molecular weight excluding hydrogens is 330 g/mol. The van der Waals surface area contributed by atoms with E-state index in [2.05, 4.69) is 4.74 Å². The van der Waals surface area contributed by atoms with E-state index in [1.165, 1.54) is 36.8 Å². The first-order valence-corrected chi connectivity index (χ1v) is 8.44. The number of thioether (sulfide) groups is 1. The molecule has 1 heterocycles. The summed E-state index contributed by atoms with van der Waals surface area (Å²) in [7, 11) is 1.29. The number of carbonyl (C=O) groups is 3. The fraction of sp³-hybridized carbons (Fsp3) is 0.353. The molecule has 1 saturated heterocycles. The van der Waals surface area contributed by atoms with Gasteiger partial charge in [0.25, 0.3) is 0 Å². The number of nitrogens with zero attached hydrogens (tertiary/aromatic N) is 1. The predicted molar refractivity (Wildman–Crippen MR) is 90.7 cm³/mol. The lowest BCUT2D eigenvalue weighted by Crippen LogP contribution is -2.25. The molecule has 1 aromatic rings. The van der Waals surface area contributed by atoms with Gasteiger partial charge in [-0.1, -0.05) is 11.8 Å². The minimum Gasteiger partial charge on any atom is -0.494 e. The van der Waals surface area contributed by atoms with Gasteiger partial charge in [-0.3, -0.25) is 9.59 Å². The second-order valence-corrected chi connectivity index (χ2v) is 6.08. The van der Waals surface area contributed by atoms with Gasteiger partial charge in [0.05, 0.1) is 37.1 Å². The number of ether oxygens (including phenoxy) is 2. The third kappa shape index (κ3) is 4.17. The molecule has 0 saturated carbocycles. The first-order chi connectivity index (χ1) is 11.5. The molecule has 0 bridgehead atoms. The maximum Gasteiger partial charge on any atom is 0.333 e. The summed E-state index contributed by atoms with van der Waals surface area (Å²) < 4.78 is 10.2. The highest BCUT2D eigenvalue weighted by atomic mass is 32.2. The van der Waals surface area contributed by atoms with E-state index in [-0.39, 0.29) is 24.0 Å². The predicted octanol–water partition coefficient (Wildman–Crippen LogP) is 2.38. The van der Waals surface area contributed by atoms with E-state index in [4.69, 9.17) is 4.74 Å². The number of amides is 1. The molecule has 1 aliphatic rings. The fourth-order valence-electron chi connectivity index (χ4n) is 2.25. The van der Waals surface area contributed by atoms with Crippen LogP contribution in [0.1, 0.15) is 29.8 Å². The van der Waals surface area contributed by atoms with Crippen molar-refractivity contribution < 1.29 is 23.9 Å². The quantitative estimate of drug-likeness (QED) is 0.446. The molecule has 7 heteroatoms. The minimum atomic E-state index is -0.514. The van der Waals surface area contributed by atoms with Crippen LogP contribution in [0.15, 0.2) is 29.3 Å². The van der Waals surface area contributed by atoms with Crippen LogP contribution in [0.3, 0.4) is 0 Å². The fourth-order valence-corrected chi connectivity index (χ4v) is 3.18. The molecule has 0 spiro atoms. The van der Waals surface area contributed by atoms with Crippen molar-refractivity contribution in [3.05, 3.63) is 40.4 Å². The first-order valence-electron chi connectivity index (χ1n) is 7.45. The van der Waals surface area contributed by atoms with Gasteiger partial charge < -0.3 is 14.4 Å². The Morgan fingerprint density at radius 1 is 1.38 bits per heavy atom. The topological polar surface area (TPSA) is 72.9 Å². The Kier molecular flexibility index (Phi) is 6.03. The molecule has 0 radical (unpaired) electrons. The number of Topliss-reactive ketones (excluding diaryl/α,β-unsaturated/α-hetero) is 1. The summed E-state index contributed by atoms with van der Waals surface area (Å²) in [6.07, 6.45) is 1.30. The maximum absolute atomic E-state index is 12.2. The van der Waals surface area contributed by atoms with Crippen LogP contribution in [0.4, 0.5) is 0 Å². The minimum absolute atomic E-state index is 0.0632. The number of hydrogen-bond donors (Lipinski definition) is 0. The molecule has 0 aromatic heterocycles. The van der Waals surface area contributed by atoms with Crippen molar-refractivity contribution in [3.63, 3.8) is 0 Å². The molecule has 0 N–H and O–H groups in total. The summed E-state index contributed by atoms with van der Waals surface area (Å²) in [5.41, 5.74) is 1.27. The third-order valence-corrected chi connectivity index (χ3v) is 4.47. The van der Waals surface area contributed by atoms with E-state index in [9.17, 15) is 14.4 Å². The molecule has 0 atom stereocenters. The van der Waals surface area contributed by atoms with Crippen LogP contribution < -0.4 is 4.74 Å². The highest BCUT2D eigenvalue weighted by Crippen LogP contribution is 2.32. The summed E-state index contributed by atoms with van der Waals surface area (Å²) in [4.78, 5) is 36.7. The van der Waals surface area contributed by atoms with E-state index in [0.717, 1.165) is 5.56 Å². The number of esters is 1. The van der Waals surface area contributed by atoms with Crippen molar-refractivity contribution in [2.24, 2.45) is 0 Å². The van der Waals surface area contributed by atoms with Gasteiger partial charge in [0, 0.05) is 11.1 Å². The van der Waals surface area contributed by atoms with Gasteiger partial charge in [-0.25, -0.2) is 4.79 Å². The van der Waals surface area contributed by atoms with Crippen LogP contribution in [0, 0.1) is 0 Å². The van der Waals surface area contributed by atoms with Crippen molar-refractivity contribution >= 4 is 29.4 Å². The Hall–Kier alpha value is -2.28. The van der Waals surface area contributed by atoms with E-state index in [1.807, 2.05) is 6.92 Å². The Balaban J connectivity index is 2.34.